The van der Waals surface area contributed by atoms with E-state index in [4.69, 9.17) is 11.6 Å². The molecule has 6 nitrogen and oxygen atoms in total. The van der Waals surface area contributed by atoms with E-state index in [0.29, 0.717) is 23.2 Å². The van der Waals surface area contributed by atoms with Crippen LogP contribution in [0.2, 0.25) is 5.02 Å². The van der Waals surface area contributed by atoms with Crippen LogP contribution in [0.1, 0.15) is 22.5 Å². The summed E-state index contributed by atoms with van der Waals surface area (Å²) in [5.74, 6) is -0.359. The monoisotopic (exact) mass is 498 g/mol. The number of rotatable bonds is 6. The molecule has 1 aliphatic heterocycles. The van der Waals surface area contributed by atoms with Crippen LogP contribution in [0.15, 0.2) is 54.6 Å². The molecule has 9 heteroatoms. The third kappa shape index (κ3) is 5.18. The fourth-order valence-electron chi connectivity index (χ4n) is 3.80. The number of hydrogen-bond donors (Lipinski definition) is 1. The number of halogens is 2. The highest BCUT2D eigenvalue weighted by Crippen LogP contribution is 2.25. The number of nitrogens with zero attached hydrogens (tertiary/aromatic N) is 3. The van der Waals surface area contributed by atoms with Crippen molar-refractivity contribution in [3.8, 4) is 0 Å². The first kappa shape index (κ1) is 24.0. The SMILES string of the molecule is Cc1nn(Cc2ccccc2Cl)c(C)c1C=CC(=O)N1CSCC1C(=O)Nc1ccccc1F. The standard InChI is InChI=1S/C25H24ClFN4O2S/c1-16-19(17(2)31(29-16)13-18-7-3-4-8-20(18)26)11-12-24(32)30-15-34-14-23(30)25(33)28-22-10-6-5-9-21(22)27/h3-12,23H,13-15H2,1-2H3,(H,28,33). The van der Waals surface area contributed by atoms with Gasteiger partial charge in [-0.1, -0.05) is 41.9 Å². The molecule has 1 saturated heterocycles. The van der Waals surface area contributed by atoms with Gasteiger partial charge in [0, 0.05) is 28.1 Å². The van der Waals surface area contributed by atoms with E-state index in [1.165, 1.54) is 34.9 Å². The largest absolute Gasteiger partial charge is 0.322 e. The van der Waals surface area contributed by atoms with E-state index in [-0.39, 0.29) is 11.6 Å². The average molecular weight is 499 g/mol. The molecule has 0 saturated carbocycles. The van der Waals surface area contributed by atoms with Crippen molar-refractivity contribution in [1.82, 2.24) is 14.7 Å². The van der Waals surface area contributed by atoms with Crippen molar-refractivity contribution >= 4 is 46.9 Å². The summed E-state index contributed by atoms with van der Waals surface area (Å²) >= 11 is 7.77. The number of benzene rings is 2. The van der Waals surface area contributed by atoms with E-state index in [1.54, 1.807) is 18.2 Å². The van der Waals surface area contributed by atoms with Crippen LogP contribution in [0.3, 0.4) is 0 Å². The molecule has 1 atom stereocenters. The summed E-state index contributed by atoms with van der Waals surface area (Å²) < 4.78 is 15.8. The maximum atomic E-state index is 13.9. The highest BCUT2D eigenvalue weighted by Gasteiger charge is 2.34. The van der Waals surface area contributed by atoms with Gasteiger partial charge in [-0.15, -0.1) is 11.8 Å². The number of aryl methyl sites for hydroxylation is 1. The Morgan fingerprint density at radius 2 is 1.94 bits per heavy atom. The fourth-order valence-corrected chi connectivity index (χ4v) is 5.16. The summed E-state index contributed by atoms with van der Waals surface area (Å²) in [6, 6.07) is 12.9. The Labute approximate surface area is 206 Å². The van der Waals surface area contributed by atoms with Gasteiger partial charge in [0.25, 0.3) is 0 Å². The van der Waals surface area contributed by atoms with Gasteiger partial charge in [-0.25, -0.2) is 4.39 Å². The van der Waals surface area contributed by atoms with Crippen LogP contribution in [0, 0.1) is 19.7 Å². The highest BCUT2D eigenvalue weighted by atomic mass is 35.5. The molecule has 0 spiro atoms. The van der Waals surface area contributed by atoms with Crippen molar-refractivity contribution in [2.45, 2.75) is 26.4 Å². The van der Waals surface area contributed by atoms with Gasteiger partial charge in [0.15, 0.2) is 0 Å². The molecule has 176 valence electrons. The van der Waals surface area contributed by atoms with Gasteiger partial charge in [-0.2, -0.15) is 5.10 Å². The van der Waals surface area contributed by atoms with E-state index in [0.717, 1.165) is 22.5 Å². The Morgan fingerprint density at radius 1 is 1.21 bits per heavy atom. The molecule has 1 aliphatic rings. The Hall–Kier alpha value is -3.10. The van der Waals surface area contributed by atoms with Gasteiger partial charge >= 0.3 is 0 Å². The molecule has 1 fully saturated rings. The Morgan fingerprint density at radius 3 is 2.71 bits per heavy atom. The first-order valence-electron chi connectivity index (χ1n) is 10.7. The minimum atomic E-state index is -0.674. The summed E-state index contributed by atoms with van der Waals surface area (Å²) in [6.45, 7) is 4.35. The summed E-state index contributed by atoms with van der Waals surface area (Å²) in [5, 5.41) is 7.86. The third-order valence-corrected chi connectivity index (χ3v) is 7.09. The number of hydrogen-bond acceptors (Lipinski definition) is 4. The van der Waals surface area contributed by atoms with Crippen molar-refractivity contribution in [1.29, 1.82) is 0 Å². The topological polar surface area (TPSA) is 67.2 Å². The van der Waals surface area contributed by atoms with Crippen LogP contribution < -0.4 is 5.32 Å². The second-order valence-corrected chi connectivity index (χ2v) is 9.37. The molecule has 2 amide bonds. The number of thioether (sulfide) groups is 1. The number of anilines is 1. The van der Waals surface area contributed by atoms with E-state index in [2.05, 4.69) is 10.4 Å². The predicted octanol–water partition coefficient (Wildman–Crippen LogP) is 4.89. The normalized spacial score (nSPS) is 15.8. The van der Waals surface area contributed by atoms with Gasteiger partial charge in [0.1, 0.15) is 11.9 Å². The molecule has 4 rings (SSSR count). The molecule has 1 N–H and O–H groups in total. The molecular formula is C25H24ClFN4O2S. The molecule has 0 aliphatic carbocycles. The quantitative estimate of drug-likeness (QED) is 0.491. The maximum Gasteiger partial charge on any atom is 0.248 e. The Bertz CT molecular complexity index is 1260. The Kier molecular flexibility index (Phi) is 7.38. The van der Waals surface area contributed by atoms with E-state index in [1.807, 2.05) is 42.8 Å². The van der Waals surface area contributed by atoms with Crippen molar-refractivity contribution in [3.63, 3.8) is 0 Å². The molecule has 3 aromatic rings. The third-order valence-electron chi connectivity index (χ3n) is 5.71. The van der Waals surface area contributed by atoms with Crippen LogP contribution in [-0.2, 0) is 16.1 Å². The maximum absolute atomic E-state index is 13.9. The van der Waals surface area contributed by atoms with Crippen molar-refractivity contribution < 1.29 is 14.0 Å². The molecule has 0 bridgehead atoms. The predicted molar refractivity (Wildman–Crippen MR) is 134 cm³/mol. The van der Waals surface area contributed by atoms with Crippen LogP contribution in [-0.4, -0.2) is 44.2 Å². The van der Waals surface area contributed by atoms with Crippen molar-refractivity contribution in [3.05, 3.63) is 88.0 Å². The minimum Gasteiger partial charge on any atom is -0.322 e. The van der Waals surface area contributed by atoms with Crippen LogP contribution >= 0.6 is 23.4 Å². The van der Waals surface area contributed by atoms with Crippen molar-refractivity contribution in [2.75, 3.05) is 16.9 Å². The molecule has 2 heterocycles. The van der Waals surface area contributed by atoms with Crippen LogP contribution in [0.4, 0.5) is 10.1 Å². The lowest BCUT2D eigenvalue weighted by Crippen LogP contribution is -2.44. The molecule has 2 aromatic carbocycles. The number of amides is 2. The van der Waals surface area contributed by atoms with E-state index < -0.39 is 17.8 Å². The molecular weight excluding hydrogens is 475 g/mol. The molecule has 1 aromatic heterocycles. The zero-order valence-electron chi connectivity index (χ0n) is 18.8. The summed E-state index contributed by atoms with van der Waals surface area (Å²) in [4.78, 5) is 27.2. The number of carbonyl (C=O) groups is 2. The molecule has 1 unspecified atom stereocenters. The number of aromatic nitrogens is 2. The summed E-state index contributed by atoms with van der Waals surface area (Å²) in [6.07, 6.45) is 3.20. The van der Waals surface area contributed by atoms with Gasteiger partial charge < -0.3 is 10.2 Å². The average Bonchev–Trinajstić information content (AvgIpc) is 3.41. The smallest absolute Gasteiger partial charge is 0.248 e. The second-order valence-electron chi connectivity index (χ2n) is 7.96. The fraction of sp³-hybridized carbons (Fsp3) is 0.240. The lowest BCUT2D eigenvalue weighted by molar-refractivity contribution is -0.132. The van der Waals surface area contributed by atoms with Gasteiger partial charge in [-0.3, -0.25) is 14.3 Å². The summed E-state index contributed by atoms with van der Waals surface area (Å²) in [7, 11) is 0. The van der Waals surface area contributed by atoms with Gasteiger partial charge in [-0.05, 0) is 43.7 Å². The number of para-hydroxylation sites is 1. The highest BCUT2D eigenvalue weighted by molar-refractivity contribution is 7.99. The number of carbonyl (C=O) groups excluding carboxylic acids is 2. The lowest BCUT2D eigenvalue weighted by atomic mass is 10.1. The Balaban J connectivity index is 1.47. The van der Waals surface area contributed by atoms with E-state index >= 15 is 0 Å². The van der Waals surface area contributed by atoms with Crippen molar-refractivity contribution in [2.24, 2.45) is 0 Å². The first-order valence-corrected chi connectivity index (χ1v) is 12.3. The molecule has 0 radical (unpaired) electrons. The lowest BCUT2D eigenvalue weighted by Gasteiger charge is -2.21. The minimum absolute atomic E-state index is 0.101. The zero-order valence-corrected chi connectivity index (χ0v) is 20.4. The van der Waals surface area contributed by atoms with E-state index in [9.17, 15) is 14.0 Å². The second kappa shape index (κ2) is 10.4. The van der Waals surface area contributed by atoms with Gasteiger partial charge in [0.2, 0.25) is 11.8 Å². The first-order chi connectivity index (χ1) is 16.3. The molecule has 34 heavy (non-hydrogen) atoms. The van der Waals surface area contributed by atoms with Crippen LogP contribution in [0.5, 0.6) is 0 Å². The zero-order chi connectivity index (χ0) is 24.2. The van der Waals surface area contributed by atoms with Crippen LogP contribution in [0.25, 0.3) is 6.08 Å². The summed E-state index contributed by atoms with van der Waals surface area (Å²) in [5.41, 5.74) is 3.60. The number of nitrogens with one attached hydrogen (secondary N) is 1. The van der Waals surface area contributed by atoms with Gasteiger partial charge in [0.05, 0.1) is 23.8 Å².